The van der Waals surface area contributed by atoms with E-state index in [0.29, 0.717) is 18.2 Å². The summed E-state index contributed by atoms with van der Waals surface area (Å²) in [6, 6.07) is 5.54. The van der Waals surface area contributed by atoms with E-state index < -0.39 is 5.60 Å². The van der Waals surface area contributed by atoms with E-state index in [1.54, 1.807) is 11.0 Å². The number of benzene rings is 1. The highest BCUT2D eigenvalue weighted by Crippen LogP contribution is 2.33. The van der Waals surface area contributed by atoms with Gasteiger partial charge in [-0.15, -0.1) is 0 Å². The molecule has 1 N–H and O–H groups in total. The summed E-state index contributed by atoms with van der Waals surface area (Å²) in [6.07, 6.45) is 2.70. The molecule has 4 nitrogen and oxygen atoms in total. The van der Waals surface area contributed by atoms with Gasteiger partial charge in [0, 0.05) is 6.54 Å². The van der Waals surface area contributed by atoms with E-state index in [1.165, 1.54) is 0 Å². The third kappa shape index (κ3) is 4.31. The summed E-state index contributed by atoms with van der Waals surface area (Å²) >= 11 is 0. The minimum absolute atomic E-state index is 0.211. The van der Waals surface area contributed by atoms with Crippen LogP contribution in [0.25, 0.3) is 5.70 Å². The number of hydrogen-bond donors (Lipinski definition) is 1. The molecule has 1 amide bonds. The Kier molecular flexibility index (Phi) is 5.26. The van der Waals surface area contributed by atoms with Crippen molar-refractivity contribution in [1.82, 2.24) is 4.90 Å². The first kappa shape index (κ1) is 18.4. The van der Waals surface area contributed by atoms with Crippen molar-refractivity contribution in [3.05, 3.63) is 35.4 Å². The van der Waals surface area contributed by atoms with Gasteiger partial charge in [0.05, 0.1) is 5.70 Å². The Labute approximate surface area is 145 Å². The third-order valence-corrected chi connectivity index (χ3v) is 4.06. The van der Waals surface area contributed by atoms with Crippen LogP contribution in [0.4, 0.5) is 4.79 Å². The van der Waals surface area contributed by atoms with E-state index in [9.17, 15) is 9.90 Å². The van der Waals surface area contributed by atoms with Crippen LogP contribution in [-0.4, -0.2) is 28.2 Å². The van der Waals surface area contributed by atoms with Crippen molar-refractivity contribution in [2.45, 2.75) is 59.5 Å². The van der Waals surface area contributed by atoms with Crippen LogP contribution in [0.1, 0.15) is 65.0 Å². The van der Waals surface area contributed by atoms with Crippen molar-refractivity contribution in [3.8, 4) is 5.75 Å². The molecule has 0 radical (unpaired) electrons. The Balaban J connectivity index is 2.38. The molecule has 1 unspecified atom stereocenters. The number of hydrogen-bond acceptors (Lipinski definition) is 3. The van der Waals surface area contributed by atoms with Crippen LogP contribution in [-0.2, 0) is 4.74 Å². The number of aromatic hydroxyl groups is 1. The number of amides is 1. The second-order valence-corrected chi connectivity index (χ2v) is 7.95. The zero-order valence-electron chi connectivity index (χ0n) is 15.6. The van der Waals surface area contributed by atoms with Crippen molar-refractivity contribution < 1.29 is 14.6 Å². The Bertz CT molecular complexity index is 641. The van der Waals surface area contributed by atoms with Gasteiger partial charge in [-0.1, -0.05) is 26.8 Å². The highest BCUT2D eigenvalue weighted by atomic mass is 16.6. The van der Waals surface area contributed by atoms with E-state index in [1.807, 2.05) is 46.8 Å². The molecule has 0 spiro atoms. The van der Waals surface area contributed by atoms with Gasteiger partial charge in [0.2, 0.25) is 0 Å². The fourth-order valence-electron chi connectivity index (χ4n) is 2.85. The van der Waals surface area contributed by atoms with Gasteiger partial charge in [-0.2, -0.15) is 0 Å². The van der Waals surface area contributed by atoms with Gasteiger partial charge in [-0.3, -0.25) is 4.90 Å². The molecule has 4 heteroatoms. The monoisotopic (exact) mass is 331 g/mol. The molecule has 0 saturated carbocycles. The first-order valence-electron chi connectivity index (χ1n) is 8.62. The maximum absolute atomic E-state index is 12.6. The third-order valence-electron chi connectivity index (χ3n) is 4.06. The molecule has 0 saturated heterocycles. The first-order chi connectivity index (χ1) is 11.1. The average Bonchev–Trinajstić information content (AvgIpc) is 2.46. The topological polar surface area (TPSA) is 49.8 Å². The van der Waals surface area contributed by atoms with Crippen LogP contribution in [0.2, 0.25) is 0 Å². The molecule has 0 bridgehead atoms. The lowest BCUT2D eigenvalue weighted by molar-refractivity contribution is 0.0327. The molecule has 0 aromatic heterocycles. The van der Waals surface area contributed by atoms with Gasteiger partial charge in [-0.05, 0) is 68.4 Å². The Morgan fingerprint density at radius 1 is 1.33 bits per heavy atom. The molecule has 132 valence electrons. The molecule has 2 rings (SSSR count). The van der Waals surface area contributed by atoms with Crippen LogP contribution in [0.5, 0.6) is 5.75 Å². The first-order valence-corrected chi connectivity index (χ1v) is 8.62. The van der Waals surface area contributed by atoms with E-state index >= 15 is 0 Å². The van der Waals surface area contributed by atoms with E-state index in [4.69, 9.17) is 4.74 Å². The molecule has 1 aliphatic heterocycles. The fourth-order valence-corrected chi connectivity index (χ4v) is 2.85. The Morgan fingerprint density at radius 2 is 2.00 bits per heavy atom. The molecule has 1 aliphatic rings. The van der Waals surface area contributed by atoms with Crippen LogP contribution in [0.15, 0.2) is 24.3 Å². The van der Waals surface area contributed by atoms with Crippen LogP contribution < -0.4 is 0 Å². The quantitative estimate of drug-likeness (QED) is 0.817. The molecule has 1 aromatic carbocycles. The summed E-state index contributed by atoms with van der Waals surface area (Å²) in [6.45, 7) is 12.5. The summed E-state index contributed by atoms with van der Waals surface area (Å²) in [5.74, 6) is 0.897. The van der Waals surface area contributed by atoms with E-state index in [-0.39, 0.29) is 12.0 Å². The van der Waals surface area contributed by atoms with Crippen LogP contribution in [0, 0.1) is 5.92 Å². The lowest BCUT2D eigenvalue weighted by Gasteiger charge is -2.34. The van der Waals surface area contributed by atoms with Gasteiger partial charge in [-0.25, -0.2) is 4.79 Å². The number of nitrogens with zero attached hydrogens (tertiary/aromatic N) is 1. The molecular formula is C20H29NO3. The number of phenols is 1. The van der Waals surface area contributed by atoms with Crippen molar-refractivity contribution in [2.75, 3.05) is 6.54 Å². The smallest absolute Gasteiger partial charge is 0.414 e. The summed E-state index contributed by atoms with van der Waals surface area (Å²) in [5, 5.41) is 10.0. The lowest BCUT2D eigenvalue weighted by atomic mass is 9.94. The molecule has 24 heavy (non-hydrogen) atoms. The van der Waals surface area contributed by atoms with Gasteiger partial charge in [0.15, 0.2) is 0 Å². The maximum atomic E-state index is 12.6. The Hall–Kier alpha value is -1.97. The van der Waals surface area contributed by atoms with Crippen molar-refractivity contribution in [1.29, 1.82) is 0 Å². The van der Waals surface area contributed by atoms with Crippen molar-refractivity contribution in [3.63, 3.8) is 0 Å². The summed E-state index contributed by atoms with van der Waals surface area (Å²) in [4.78, 5) is 14.4. The Morgan fingerprint density at radius 3 is 2.58 bits per heavy atom. The fraction of sp³-hybridized carbons (Fsp3) is 0.550. The summed E-state index contributed by atoms with van der Waals surface area (Å²) in [5.41, 5.74) is 2.16. The minimum atomic E-state index is -0.527. The second-order valence-electron chi connectivity index (χ2n) is 7.95. The zero-order chi connectivity index (χ0) is 18.1. The predicted octanol–water partition coefficient (Wildman–Crippen LogP) is 5.13. The predicted molar refractivity (Wildman–Crippen MR) is 96.9 cm³/mol. The second kappa shape index (κ2) is 6.88. The normalized spacial score (nSPS) is 18.5. The van der Waals surface area contributed by atoms with Crippen LogP contribution >= 0.6 is 0 Å². The largest absolute Gasteiger partial charge is 0.508 e. The minimum Gasteiger partial charge on any atom is -0.508 e. The number of phenolic OH excluding ortho intramolecular Hbond substituents is 1. The molecule has 0 aliphatic carbocycles. The van der Waals surface area contributed by atoms with Gasteiger partial charge in [0.25, 0.3) is 0 Å². The lowest BCUT2D eigenvalue weighted by Crippen LogP contribution is -2.39. The summed E-state index contributed by atoms with van der Waals surface area (Å²) < 4.78 is 5.58. The van der Waals surface area contributed by atoms with Crippen LogP contribution in [0.3, 0.4) is 0 Å². The number of allylic oxidation sites excluding steroid dienone is 1. The standard InChI is InChI=1S/C20H29NO3/c1-13(2)16-11-15(8-10-18(16)22)17-9-7-14(3)12-21(17)19(23)24-20(4,5)6/h8-11,13-14,22H,7,12H2,1-6H3. The van der Waals surface area contributed by atoms with Crippen molar-refractivity contribution in [2.24, 2.45) is 5.92 Å². The zero-order valence-corrected chi connectivity index (χ0v) is 15.6. The molecule has 0 fully saturated rings. The van der Waals surface area contributed by atoms with E-state index in [2.05, 4.69) is 13.0 Å². The number of ether oxygens (including phenoxy) is 1. The average molecular weight is 331 g/mol. The molecular weight excluding hydrogens is 302 g/mol. The molecule has 1 heterocycles. The highest BCUT2D eigenvalue weighted by Gasteiger charge is 2.29. The number of rotatable bonds is 2. The maximum Gasteiger partial charge on any atom is 0.414 e. The van der Waals surface area contributed by atoms with Gasteiger partial charge < -0.3 is 9.84 Å². The van der Waals surface area contributed by atoms with E-state index in [0.717, 1.165) is 23.2 Å². The summed E-state index contributed by atoms with van der Waals surface area (Å²) in [7, 11) is 0. The highest BCUT2D eigenvalue weighted by molar-refractivity contribution is 5.83. The SMILES string of the molecule is CC1CC=C(c2ccc(O)c(C(C)C)c2)N(C(=O)OC(C)(C)C)C1. The van der Waals surface area contributed by atoms with Gasteiger partial charge >= 0.3 is 6.09 Å². The molecule has 1 atom stereocenters. The number of carbonyl (C=O) groups is 1. The van der Waals surface area contributed by atoms with Gasteiger partial charge in [0.1, 0.15) is 11.4 Å². The van der Waals surface area contributed by atoms with Crippen molar-refractivity contribution >= 4 is 11.8 Å². The molecule has 1 aromatic rings. The number of carbonyl (C=O) groups excluding carboxylic acids is 1.